The first kappa shape index (κ1) is 23.9. The zero-order chi connectivity index (χ0) is 24.2. The van der Waals surface area contributed by atoms with E-state index in [2.05, 4.69) is 84.3 Å². The van der Waals surface area contributed by atoms with Gasteiger partial charge >= 0.3 is 0 Å². The number of aromatic nitrogens is 4. The maximum Gasteiger partial charge on any atom is 0.280 e. The molecule has 2 aromatic heterocycles. The third kappa shape index (κ3) is 4.68. The van der Waals surface area contributed by atoms with Crippen LogP contribution < -0.4 is 21.7 Å². The van der Waals surface area contributed by atoms with Gasteiger partial charge in [0.25, 0.3) is 13.9 Å². The van der Waals surface area contributed by atoms with Gasteiger partial charge in [0.15, 0.2) is 11.2 Å². The number of aromatic amines is 1. The molecule has 0 saturated carbocycles. The van der Waals surface area contributed by atoms with Gasteiger partial charge in [-0.15, -0.1) is 0 Å². The van der Waals surface area contributed by atoms with Gasteiger partial charge < -0.3 is 14.9 Å². The molecule has 4 rings (SSSR count). The average Bonchev–Trinajstić information content (AvgIpc) is 3.22. The van der Waals surface area contributed by atoms with E-state index in [1.54, 1.807) is 4.57 Å². The van der Waals surface area contributed by atoms with E-state index < -0.39 is 8.32 Å². The highest BCUT2D eigenvalue weighted by Gasteiger charge is 2.49. The van der Waals surface area contributed by atoms with Gasteiger partial charge in [-0.3, -0.25) is 14.3 Å². The number of nitrogens with two attached hydrogens (primary N) is 1. The topological polar surface area (TPSA) is 108 Å². The number of fused-ring (bicyclic) bond motifs is 1. The lowest BCUT2D eigenvalue weighted by Gasteiger charge is -2.43. The smallest absolute Gasteiger partial charge is 0.280 e. The lowest BCUT2D eigenvalue weighted by molar-refractivity contribution is 0.0689. The van der Waals surface area contributed by atoms with Crippen LogP contribution in [0.25, 0.3) is 11.2 Å². The molecule has 2 aromatic carbocycles. The first-order valence-electron chi connectivity index (χ1n) is 11.4. The Morgan fingerprint density at radius 2 is 1.62 bits per heavy atom. The molecule has 3 N–H and O–H groups in total. The van der Waals surface area contributed by atoms with Gasteiger partial charge in [0, 0.05) is 6.61 Å². The normalized spacial score (nSPS) is 12.3. The quantitative estimate of drug-likeness (QED) is 0.283. The van der Waals surface area contributed by atoms with Crippen LogP contribution in [0.5, 0.6) is 0 Å². The second-order valence-corrected chi connectivity index (χ2v) is 13.5. The highest BCUT2D eigenvalue weighted by molar-refractivity contribution is 6.99. The molecule has 2 heterocycles. The molecular formula is C25H31N5O3Si. The van der Waals surface area contributed by atoms with Crippen molar-refractivity contribution in [3.63, 3.8) is 0 Å². The van der Waals surface area contributed by atoms with Crippen molar-refractivity contribution in [2.45, 2.75) is 39.0 Å². The molecule has 178 valence electrons. The number of nitrogen functional groups attached to an aromatic ring is 1. The number of benzene rings is 2. The van der Waals surface area contributed by atoms with E-state index >= 15 is 0 Å². The van der Waals surface area contributed by atoms with Gasteiger partial charge in [-0.1, -0.05) is 81.4 Å². The molecule has 0 aliphatic carbocycles. The molecule has 8 nitrogen and oxygen atoms in total. The second-order valence-electron chi connectivity index (χ2n) is 9.24. The highest BCUT2D eigenvalue weighted by atomic mass is 28.4. The van der Waals surface area contributed by atoms with Crippen LogP contribution in [0.15, 0.2) is 71.8 Å². The van der Waals surface area contributed by atoms with Crippen LogP contribution in [0.3, 0.4) is 0 Å². The molecule has 0 spiro atoms. The standard InChI is InChI=1S/C25H31N5O3Si/c1-25(2,3)34(19-11-6-4-7-12-19,20-13-8-5-9-14-20)33-16-10-15-32-18-30-17-27-21-22(30)28-24(26)29-23(21)31/h4-9,11-14,17H,10,15-16,18H2,1-3H3,(H3,26,28,29,31). The molecule has 0 radical (unpaired) electrons. The zero-order valence-electron chi connectivity index (χ0n) is 19.8. The second kappa shape index (κ2) is 9.92. The molecule has 9 heteroatoms. The Bertz CT molecular complexity index is 1240. The van der Waals surface area contributed by atoms with Crippen LogP contribution in [0.4, 0.5) is 5.95 Å². The van der Waals surface area contributed by atoms with Crippen molar-refractivity contribution < 1.29 is 9.16 Å². The van der Waals surface area contributed by atoms with E-state index in [1.807, 2.05) is 12.1 Å². The molecule has 0 aliphatic heterocycles. The largest absolute Gasteiger partial charge is 0.407 e. The number of hydrogen-bond acceptors (Lipinski definition) is 6. The van der Waals surface area contributed by atoms with E-state index in [4.69, 9.17) is 14.9 Å². The summed E-state index contributed by atoms with van der Waals surface area (Å²) in [6.45, 7) is 8.09. The molecule has 0 atom stereocenters. The average molecular weight is 478 g/mol. The first-order chi connectivity index (χ1) is 16.3. The van der Waals surface area contributed by atoms with Crippen molar-refractivity contribution in [1.29, 1.82) is 0 Å². The summed E-state index contributed by atoms with van der Waals surface area (Å²) in [7, 11) is -2.54. The molecule has 0 saturated heterocycles. The fraction of sp³-hybridized carbons (Fsp3) is 0.320. The van der Waals surface area contributed by atoms with Crippen LogP contribution in [0.2, 0.25) is 5.04 Å². The van der Waals surface area contributed by atoms with E-state index in [9.17, 15) is 4.79 Å². The Morgan fingerprint density at radius 3 is 2.21 bits per heavy atom. The van der Waals surface area contributed by atoms with E-state index in [1.165, 1.54) is 16.7 Å². The number of hydrogen-bond donors (Lipinski definition) is 2. The van der Waals surface area contributed by atoms with Crippen LogP contribution in [-0.2, 0) is 15.9 Å². The molecule has 4 aromatic rings. The summed E-state index contributed by atoms with van der Waals surface area (Å²) in [6, 6.07) is 21.2. The summed E-state index contributed by atoms with van der Waals surface area (Å²) in [5.74, 6) is 0.0537. The number of ether oxygens (including phenoxy) is 1. The third-order valence-electron chi connectivity index (χ3n) is 5.89. The van der Waals surface area contributed by atoms with Gasteiger partial charge in [-0.05, 0) is 21.8 Å². The highest BCUT2D eigenvalue weighted by Crippen LogP contribution is 2.36. The van der Waals surface area contributed by atoms with Crippen LogP contribution in [0, 0.1) is 0 Å². The summed E-state index contributed by atoms with van der Waals surface area (Å²) in [5, 5.41) is 2.45. The van der Waals surface area contributed by atoms with Crippen molar-refractivity contribution in [3.8, 4) is 0 Å². The fourth-order valence-corrected chi connectivity index (χ4v) is 8.98. The lowest BCUT2D eigenvalue weighted by Crippen LogP contribution is -2.66. The molecule has 0 fully saturated rings. The Balaban J connectivity index is 1.45. The SMILES string of the molecule is CC(C)(C)[Si](OCCCOCn1cnc2c(=O)[nH]c(N)nc21)(c1ccccc1)c1ccccc1. The van der Waals surface area contributed by atoms with Gasteiger partial charge in [0.05, 0.1) is 12.9 Å². The fourth-order valence-electron chi connectivity index (χ4n) is 4.38. The van der Waals surface area contributed by atoms with Crippen molar-refractivity contribution in [1.82, 2.24) is 19.5 Å². The first-order valence-corrected chi connectivity index (χ1v) is 13.3. The van der Waals surface area contributed by atoms with Crippen LogP contribution in [0.1, 0.15) is 27.2 Å². The number of H-pyrrole nitrogens is 1. The maximum atomic E-state index is 11.9. The van der Waals surface area contributed by atoms with E-state index in [-0.39, 0.29) is 28.8 Å². The predicted octanol–water partition coefficient (Wildman–Crippen LogP) is 2.64. The Labute approximate surface area is 199 Å². The molecule has 0 unspecified atom stereocenters. The Morgan fingerprint density at radius 1 is 1.00 bits per heavy atom. The van der Waals surface area contributed by atoms with Crippen molar-refractivity contribution >= 4 is 35.8 Å². The van der Waals surface area contributed by atoms with Crippen molar-refractivity contribution in [3.05, 3.63) is 77.3 Å². The zero-order valence-corrected chi connectivity index (χ0v) is 20.8. The minimum atomic E-state index is -2.54. The molecule has 0 amide bonds. The summed E-state index contributed by atoms with van der Waals surface area (Å²) < 4.78 is 14.4. The van der Waals surface area contributed by atoms with Gasteiger partial charge in [0.1, 0.15) is 6.73 Å². The number of nitrogens with one attached hydrogen (secondary N) is 1. The van der Waals surface area contributed by atoms with E-state index in [0.717, 1.165) is 6.42 Å². The number of imidazole rings is 1. The number of rotatable bonds is 9. The maximum absolute atomic E-state index is 11.9. The van der Waals surface area contributed by atoms with Crippen molar-refractivity contribution in [2.24, 2.45) is 0 Å². The lowest BCUT2D eigenvalue weighted by atomic mass is 10.2. The molecule has 0 aliphatic rings. The molecule has 0 bridgehead atoms. The number of anilines is 1. The Hall–Kier alpha value is -3.27. The predicted molar refractivity (Wildman–Crippen MR) is 137 cm³/mol. The van der Waals surface area contributed by atoms with E-state index in [0.29, 0.717) is 18.9 Å². The molecule has 34 heavy (non-hydrogen) atoms. The van der Waals surface area contributed by atoms with Crippen molar-refractivity contribution in [2.75, 3.05) is 18.9 Å². The van der Waals surface area contributed by atoms with Crippen LogP contribution in [-0.4, -0.2) is 41.1 Å². The molecular weight excluding hydrogens is 446 g/mol. The summed E-state index contributed by atoms with van der Waals surface area (Å²) in [5.41, 5.74) is 5.95. The summed E-state index contributed by atoms with van der Waals surface area (Å²) >= 11 is 0. The monoisotopic (exact) mass is 477 g/mol. The van der Waals surface area contributed by atoms with Gasteiger partial charge in [-0.25, -0.2) is 4.98 Å². The number of nitrogens with zero attached hydrogens (tertiary/aromatic N) is 3. The summed E-state index contributed by atoms with van der Waals surface area (Å²) in [4.78, 5) is 22.6. The Kier molecular flexibility index (Phi) is 6.97. The minimum absolute atomic E-state index is 0.0537. The third-order valence-corrected chi connectivity index (χ3v) is 10.9. The summed E-state index contributed by atoms with van der Waals surface area (Å²) in [6.07, 6.45) is 2.26. The van der Waals surface area contributed by atoms with Gasteiger partial charge in [-0.2, -0.15) is 4.98 Å². The van der Waals surface area contributed by atoms with Crippen LogP contribution >= 0.6 is 0 Å². The van der Waals surface area contributed by atoms with Gasteiger partial charge in [0.2, 0.25) is 5.95 Å². The minimum Gasteiger partial charge on any atom is -0.407 e.